The second-order valence-corrected chi connectivity index (χ2v) is 5.28. The Morgan fingerprint density at radius 1 is 1.12 bits per heavy atom. The summed E-state index contributed by atoms with van der Waals surface area (Å²) in [5.41, 5.74) is 1.56. The number of hydrogen-bond acceptors (Lipinski definition) is 4. The molecule has 6 nitrogen and oxygen atoms in total. The van der Waals surface area contributed by atoms with Gasteiger partial charge < -0.3 is 15.0 Å². The van der Waals surface area contributed by atoms with Crippen LogP contribution < -0.4 is 10.1 Å². The largest absolute Gasteiger partial charge is 0.497 e. The minimum atomic E-state index is -0.176. The molecule has 0 aliphatic carbocycles. The number of amides is 2. The lowest BCUT2D eigenvalue weighted by Gasteiger charge is -2.21. The first-order valence-electron chi connectivity index (χ1n) is 7.67. The third kappa shape index (κ3) is 5.08. The van der Waals surface area contributed by atoms with Crippen molar-refractivity contribution in [1.29, 1.82) is 0 Å². The summed E-state index contributed by atoms with van der Waals surface area (Å²) in [6.07, 6.45) is 3.39. The number of rotatable bonds is 7. The van der Waals surface area contributed by atoms with Crippen molar-refractivity contribution in [2.75, 3.05) is 20.2 Å². The first-order chi connectivity index (χ1) is 11.6. The molecule has 0 saturated carbocycles. The summed E-state index contributed by atoms with van der Waals surface area (Å²) in [6.45, 7) is 2.85. The number of ether oxygens (including phenoxy) is 1. The molecule has 0 saturated heterocycles. The molecule has 1 N–H and O–H groups in total. The molecule has 24 heavy (non-hydrogen) atoms. The second kappa shape index (κ2) is 8.67. The van der Waals surface area contributed by atoms with E-state index >= 15 is 0 Å². The molecule has 0 spiro atoms. The lowest BCUT2D eigenvalue weighted by molar-refractivity contribution is -0.129. The highest BCUT2D eigenvalue weighted by atomic mass is 16.5. The summed E-state index contributed by atoms with van der Waals surface area (Å²) >= 11 is 0. The normalized spacial score (nSPS) is 10.1. The number of carbonyl (C=O) groups is 2. The van der Waals surface area contributed by atoms with Crippen LogP contribution in [0.5, 0.6) is 5.75 Å². The Hall–Kier alpha value is -2.89. The van der Waals surface area contributed by atoms with Gasteiger partial charge in [0, 0.05) is 44.5 Å². The predicted octanol–water partition coefficient (Wildman–Crippen LogP) is 1.87. The van der Waals surface area contributed by atoms with Gasteiger partial charge in [0.2, 0.25) is 5.91 Å². The van der Waals surface area contributed by atoms with E-state index in [9.17, 15) is 9.59 Å². The van der Waals surface area contributed by atoms with Gasteiger partial charge in [-0.3, -0.25) is 14.6 Å². The highest BCUT2D eigenvalue weighted by Gasteiger charge is 2.11. The van der Waals surface area contributed by atoms with Crippen molar-refractivity contribution < 1.29 is 14.3 Å². The minimum absolute atomic E-state index is 0.0366. The van der Waals surface area contributed by atoms with Crippen LogP contribution in [0.25, 0.3) is 0 Å². The molecular formula is C18H21N3O3. The molecule has 0 fully saturated rings. The van der Waals surface area contributed by atoms with Crippen molar-refractivity contribution in [2.45, 2.75) is 13.5 Å². The molecule has 0 atom stereocenters. The quantitative estimate of drug-likeness (QED) is 0.843. The van der Waals surface area contributed by atoms with Crippen molar-refractivity contribution in [3.63, 3.8) is 0 Å². The van der Waals surface area contributed by atoms with E-state index in [1.165, 1.54) is 6.92 Å². The number of pyridine rings is 1. The summed E-state index contributed by atoms with van der Waals surface area (Å²) in [6, 6.07) is 10.6. The standard InChI is InChI=1S/C18H21N3O3/c1-14(22)21(13-15-7-9-19-10-8-15)12-11-20-18(23)16-3-5-17(24-2)6-4-16/h3-10H,11-13H2,1-2H3,(H,20,23). The molecule has 1 aromatic carbocycles. The summed E-state index contributed by atoms with van der Waals surface area (Å²) < 4.78 is 5.06. The van der Waals surface area contributed by atoms with Crippen LogP contribution in [0.1, 0.15) is 22.8 Å². The highest BCUT2D eigenvalue weighted by molar-refractivity contribution is 5.94. The van der Waals surface area contributed by atoms with E-state index in [-0.39, 0.29) is 11.8 Å². The fourth-order valence-electron chi connectivity index (χ4n) is 2.21. The maximum atomic E-state index is 12.1. The number of hydrogen-bond donors (Lipinski definition) is 1. The zero-order valence-corrected chi connectivity index (χ0v) is 13.9. The summed E-state index contributed by atoms with van der Waals surface area (Å²) in [4.78, 5) is 29.5. The van der Waals surface area contributed by atoms with E-state index in [1.807, 2.05) is 12.1 Å². The fraction of sp³-hybridized carbons (Fsp3) is 0.278. The highest BCUT2D eigenvalue weighted by Crippen LogP contribution is 2.11. The van der Waals surface area contributed by atoms with Gasteiger partial charge in [-0.2, -0.15) is 0 Å². The molecule has 0 aliphatic rings. The first-order valence-corrected chi connectivity index (χ1v) is 7.67. The summed E-state index contributed by atoms with van der Waals surface area (Å²) in [5, 5.41) is 2.82. The molecule has 2 aromatic rings. The van der Waals surface area contributed by atoms with Crippen molar-refractivity contribution in [3.8, 4) is 5.75 Å². The van der Waals surface area contributed by atoms with Crippen molar-refractivity contribution in [3.05, 3.63) is 59.9 Å². The van der Waals surface area contributed by atoms with E-state index in [2.05, 4.69) is 10.3 Å². The van der Waals surface area contributed by atoms with Crippen LogP contribution in [0.4, 0.5) is 0 Å². The van der Waals surface area contributed by atoms with Crippen LogP contribution in [-0.4, -0.2) is 41.9 Å². The average Bonchev–Trinajstić information content (AvgIpc) is 2.61. The first kappa shape index (κ1) is 17.5. The van der Waals surface area contributed by atoms with E-state index in [1.54, 1.807) is 48.7 Å². The Balaban J connectivity index is 1.85. The molecule has 1 heterocycles. The average molecular weight is 327 g/mol. The van der Waals surface area contributed by atoms with E-state index in [0.717, 1.165) is 5.56 Å². The smallest absolute Gasteiger partial charge is 0.251 e. The number of nitrogens with one attached hydrogen (secondary N) is 1. The zero-order valence-electron chi connectivity index (χ0n) is 13.9. The Morgan fingerprint density at radius 3 is 2.38 bits per heavy atom. The molecule has 126 valence electrons. The minimum Gasteiger partial charge on any atom is -0.497 e. The van der Waals surface area contributed by atoms with Crippen LogP contribution in [0.2, 0.25) is 0 Å². The van der Waals surface area contributed by atoms with Gasteiger partial charge in [0.25, 0.3) is 5.91 Å². The molecular weight excluding hydrogens is 306 g/mol. The van der Waals surface area contributed by atoms with E-state index in [0.29, 0.717) is 30.9 Å². The van der Waals surface area contributed by atoms with Crippen molar-refractivity contribution >= 4 is 11.8 Å². The van der Waals surface area contributed by atoms with Crippen molar-refractivity contribution in [1.82, 2.24) is 15.2 Å². The predicted molar refractivity (Wildman–Crippen MR) is 90.7 cm³/mol. The fourth-order valence-corrected chi connectivity index (χ4v) is 2.21. The zero-order chi connectivity index (χ0) is 17.4. The van der Waals surface area contributed by atoms with Crippen LogP contribution in [0.15, 0.2) is 48.8 Å². The second-order valence-electron chi connectivity index (χ2n) is 5.28. The summed E-state index contributed by atoms with van der Waals surface area (Å²) in [7, 11) is 1.58. The van der Waals surface area contributed by atoms with E-state index in [4.69, 9.17) is 4.74 Å². The molecule has 0 radical (unpaired) electrons. The van der Waals surface area contributed by atoms with Gasteiger partial charge in [0.05, 0.1) is 7.11 Å². The number of benzene rings is 1. The van der Waals surface area contributed by atoms with Crippen LogP contribution in [0.3, 0.4) is 0 Å². The lowest BCUT2D eigenvalue weighted by Crippen LogP contribution is -2.37. The Labute approximate surface area is 141 Å². The molecule has 1 aromatic heterocycles. The molecule has 0 bridgehead atoms. The number of aromatic nitrogens is 1. The maximum absolute atomic E-state index is 12.1. The third-order valence-corrected chi connectivity index (χ3v) is 3.59. The number of nitrogens with zero attached hydrogens (tertiary/aromatic N) is 2. The molecule has 2 rings (SSSR count). The summed E-state index contributed by atoms with van der Waals surface area (Å²) in [5.74, 6) is 0.488. The Morgan fingerprint density at radius 2 is 1.79 bits per heavy atom. The topological polar surface area (TPSA) is 71.5 Å². The van der Waals surface area contributed by atoms with Crippen LogP contribution in [-0.2, 0) is 11.3 Å². The maximum Gasteiger partial charge on any atom is 0.251 e. The van der Waals surface area contributed by atoms with Crippen molar-refractivity contribution in [2.24, 2.45) is 0 Å². The number of carbonyl (C=O) groups excluding carboxylic acids is 2. The lowest BCUT2D eigenvalue weighted by atomic mass is 10.2. The third-order valence-electron chi connectivity index (χ3n) is 3.59. The van der Waals surface area contributed by atoms with Gasteiger partial charge in [-0.25, -0.2) is 0 Å². The Bertz CT molecular complexity index is 672. The van der Waals surface area contributed by atoms with E-state index < -0.39 is 0 Å². The van der Waals surface area contributed by atoms with Gasteiger partial charge in [0.15, 0.2) is 0 Å². The molecule has 0 unspecified atom stereocenters. The van der Waals surface area contributed by atoms with Gasteiger partial charge in [0.1, 0.15) is 5.75 Å². The van der Waals surface area contributed by atoms with Crippen LogP contribution >= 0.6 is 0 Å². The van der Waals surface area contributed by atoms with Gasteiger partial charge in [-0.15, -0.1) is 0 Å². The molecule has 2 amide bonds. The Kier molecular flexibility index (Phi) is 6.31. The molecule has 6 heteroatoms. The van der Waals surface area contributed by atoms with Gasteiger partial charge in [-0.05, 0) is 42.0 Å². The SMILES string of the molecule is COc1ccc(C(=O)NCCN(Cc2ccncc2)C(C)=O)cc1. The van der Waals surface area contributed by atoms with Crippen LogP contribution in [0, 0.1) is 0 Å². The molecule has 0 aliphatic heterocycles. The monoisotopic (exact) mass is 327 g/mol. The van der Waals surface area contributed by atoms with Gasteiger partial charge >= 0.3 is 0 Å². The van der Waals surface area contributed by atoms with Gasteiger partial charge in [-0.1, -0.05) is 0 Å². The number of methoxy groups -OCH3 is 1.